The monoisotopic (exact) mass is 252 g/mol. The Morgan fingerprint density at radius 3 is 2.94 bits per heavy atom. The van der Waals surface area contributed by atoms with Gasteiger partial charge in [-0.25, -0.2) is 0 Å². The van der Waals surface area contributed by atoms with Crippen molar-refractivity contribution in [2.75, 3.05) is 18.9 Å². The van der Waals surface area contributed by atoms with Gasteiger partial charge in [0.15, 0.2) is 5.69 Å². The van der Waals surface area contributed by atoms with E-state index in [0.29, 0.717) is 30.4 Å². The van der Waals surface area contributed by atoms with Gasteiger partial charge in [-0.1, -0.05) is 6.92 Å². The number of hydrogen-bond donors (Lipinski definition) is 2. The van der Waals surface area contributed by atoms with Crippen LogP contribution in [0.1, 0.15) is 30.8 Å². The molecule has 2 unspecified atom stereocenters. The number of nitrogens with two attached hydrogens (primary N) is 1. The summed E-state index contributed by atoms with van der Waals surface area (Å²) >= 11 is 0. The van der Waals surface area contributed by atoms with E-state index in [0.717, 1.165) is 6.42 Å². The highest BCUT2D eigenvalue weighted by Crippen LogP contribution is 2.26. The van der Waals surface area contributed by atoms with Crippen molar-refractivity contribution in [2.45, 2.75) is 32.9 Å². The van der Waals surface area contributed by atoms with Crippen LogP contribution in [0.4, 0.5) is 5.69 Å². The Kier molecular flexibility index (Phi) is 3.56. The Labute approximate surface area is 106 Å². The molecule has 1 aliphatic heterocycles. The molecule has 100 valence electrons. The first kappa shape index (κ1) is 12.9. The van der Waals surface area contributed by atoms with E-state index in [1.54, 1.807) is 15.8 Å². The molecule has 18 heavy (non-hydrogen) atoms. The Balaban J connectivity index is 2.23. The number of anilines is 1. The molecule has 0 aromatic carbocycles. The van der Waals surface area contributed by atoms with Crippen molar-refractivity contribution in [2.24, 2.45) is 5.92 Å². The zero-order valence-corrected chi connectivity index (χ0v) is 10.8. The third kappa shape index (κ3) is 2.08. The van der Waals surface area contributed by atoms with Crippen LogP contribution in [-0.2, 0) is 6.54 Å². The van der Waals surface area contributed by atoms with Crippen molar-refractivity contribution >= 4 is 11.6 Å². The molecule has 1 saturated heterocycles. The van der Waals surface area contributed by atoms with E-state index in [9.17, 15) is 9.90 Å². The van der Waals surface area contributed by atoms with E-state index in [1.165, 1.54) is 0 Å². The maximum absolute atomic E-state index is 12.4. The molecule has 2 rings (SSSR count). The molecule has 2 atom stereocenters. The fourth-order valence-corrected chi connectivity index (χ4v) is 2.44. The van der Waals surface area contributed by atoms with Crippen LogP contribution in [-0.4, -0.2) is 44.9 Å². The van der Waals surface area contributed by atoms with Gasteiger partial charge in [-0.3, -0.25) is 9.48 Å². The second-order valence-electron chi connectivity index (χ2n) is 4.80. The molecule has 1 amide bonds. The van der Waals surface area contributed by atoms with Crippen molar-refractivity contribution in [3.05, 3.63) is 11.9 Å². The number of carbonyl (C=O) groups excluding carboxylic acids is 1. The van der Waals surface area contributed by atoms with Crippen molar-refractivity contribution in [1.82, 2.24) is 14.7 Å². The van der Waals surface area contributed by atoms with Gasteiger partial charge in [0, 0.05) is 19.3 Å². The Hall–Kier alpha value is -1.56. The summed E-state index contributed by atoms with van der Waals surface area (Å²) in [6, 6.07) is -0.122. The SMILES string of the molecule is CCn1cc(N)c(C(=O)N2CCC(C)C2CO)n1. The third-order valence-electron chi connectivity index (χ3n) is 3.65. The van der Waals surface area contributed by atoms with E-state index >= 15 is 0 Å². The summed E-state index contributed by atoms with van der Waals surface area (Å²) in [4.78, 5) is 14.1. The van der Waals surface area contributed by atoms with Gasteiger partial charge in [-0.2, -0.15) is 5.10 Å². The number of aliphatic hydroxyl groups is 1. The molecule has 0 saturated carbocycles. The van der Waals surface area contributed by atoms with Gasteiger partial charge >= 0.3 is 0 Å². The minimum atomic E-state index is -0.178. The summed E-state index contributed by atoms with van der Waals surface area (Å²) in [5.74, 6) is 0.136. The van der Waals surface area contributed by atoms with E-state index in [1.807, 2.05) is 13.8 Å². The summed E-state index contributed by atoms with van der Waals surface area (Å²) in [5.41, 5.74) is 6.51. The van der Waals surface area contributed by atoms with Crippen LogP contribution >= 0.6 is 0 Å². The van der Waals surface area contributed by atoms with Gasteiger partial charge in [0.25, 0.3) is 5.91 Å². The van der Waals surface area contributed by atoms with Crippen molar-refractivity contribution < 1.29 is 9.90 Å². The maximum Gasteiger partial charge on any atom is 0.276 e. The minimum Gasteiger partial charge on any atom is -0.396 e. The number of nitrogen functional groups attached to an aromatic ring is 1. The summed E-state index contributed by atoms with van der Waals surface area (Å²) in [6.45, 7) is 5.31. The Bertz CT molecular complexity index is 443. The van der Waals surface area contributed by atoms with Crippen molar-refractivity contribution in [3.8, 4) is 0 Å². The molecule has 1 aromatic heterocycles. The molecule has 2 heterocycles. The second kappa shape index (κ2) is 4.97. The molecular formula is C12H20N4O2. The fourth-order valence-electron chi connectivity index (χ4n) is 2.44. The third-order valence-corrected chi connectivity index (χ3v) is 3.65. The van der Waals surface area contributed by atoms with Gasteiger partial charge in [-0.05, 0) is 19.3 Å². The zero-order chi connectivity index (χ0) is 13.3. The van der Waals surface area contributed by atoms with Gasteiger partial charge < -0.3 is 15.7 Å². The Morgan fingerprint density at radius 1 is 1.67 bits per heavy atom. The molecule has 3 N–H and O–H groups in total. The first-order chi connectivity index (χ1) is 8.58. The molecule has 0 spiro atoms. The largest absolute Gasteiger partial charge is 0.396 e. The van der Waals surface area contributed by atoms with E-state index < -0.39 is 0 Å². The average Bonchev–Trinajstić information content (AvgIpc) is 2.91. The minimum absolute atomic E-state index is 0.0126. The highest BCUT2D eigenvalue weighted by Gasteiger charge is 2.35. The molecule has 0 aliphatic carbocycles. The quantitative estimate of drug-likeness (QED) is 0.812. The normalized spacial score (nSPS) is 23.6. The van der Waals surface area contributed by atoms with Gasteiger partial charge in [0.2, 0.25) is 0 Å². The number of hydrogen-bond acceptors (Lipinski definition) is 4. The number of aryl methyl sites for hydroxylation is 1. The average molecular weight is 252 g/mol. The lowest BCUT2D eigenvalue weighted by Crippen LogP contribution is -2.40. The van der Waals surface area contributed by atoms with Crippen LogP contribution in [0.3, 0.4) is 0 Å². The number of amides is 1. The summed E-state index contributed by atoms with van der Waals surface area (Å²) < 4.78 is 1.65. The van der Waals surface area contributed by atoms with E-state index in [4.69, 9.17) is 5.73 Å². The van der Waals surface area contributed by atoms with Gasteiger partial charge in [0.05, 0.1) is 18.3 Å². The topological polar surface area (TPSA) is 84.4 Å². The lowest BCUT2D eigenvalue weighted by atomic mass is 10.0. The standard InChI is InChI=1S/C12H20N4O2/c1-3-15-6-9(13)11(14-15)12(18)16-5-4-8(2)10(16)7-17/h6,8,10,17H,3-5,7,13H2,1-2H3. The molecule has 1 fully saturated rings. The fraction of sp³-hybridized carbons (Fsp3) is 0.667. The van der Waals surface area contributed by atoms with Gasteiger partial charge in [0.1, 0.15) is 0 Å². The van der Waals surface area contributed by atoms with Crippen LogP contribution in [0.25, 0.3) is 0 Å². The van der Waals surface area contributed by atoms with Crippen molar-refractivity contribution in [1.29, 1.82) is 0 Å². The highest BCUT2D eigenvalue weighted by molar-refractivity contribution is 5.97. The van der Waals surface area contributed by atoms with Crippen LogP contribution in [0.5, 0.6) is 0 Å². The lowest BCUT2D eigenvalue weighted by molar-refractivity contribution is 0.0642. The smallest absolute Gasteiger partial charge is 0.276 e. The van der Waals surface area contributed by atoms with E-state index in [2.05, 4.69) is 5.10 Å². The highest BCUT2D eigenvalue weighted by atomic mass is 16.3. The Morgan fingerprint density at radius 2 is 2.39 bits per heavy atom. The predicted octanol–water partition coefficient (Wildman–Crippen LogP) is 0.328. The number of nitrogens with zero attached hydrogens (tertiary/aromatic N) is 3. The molecule has 1 aliphatic rings. The van der Waals surface area contributed by atoms with Gasteiger partial charge in [-0.15, -0.1) is 0 Å². The number of carbonyl (C=O) groups is 1. The van der Waals surface area contributed by atoms with Crippen LogP contribution in [0.15, 0.2) is 6.20 Å². The first-order valence-electron chi connectivity index (χ1n) is 6.33. The molecule has 6 heteroatoms. The van der Waals surface area contributed by atoms with Crippen molar-refractivity contribution in [3.63, 3.8) is 0 Å². The first-order valence-corrected chi connectivity index (χ1v) is 6.33. The van der Waals surface area contributed by atoms with E-state index in [-0.39, 0.29) is 18.6 Å². The summed E-state index contributed by atoms with van der Waals surface area (Å²) in [6.07, 6.45) is 2.58. The molecule has 6 nitrogen and oxygen atoms in total. The number of aromatic nitrogens is 2. The van der Waals surface area contributed by atoms with Crippen LogP contribution in [0.2, 0.25) is 0 Å². The zero-order valence-electron chi connectivity index (χ0n) is 10.8. The molecule has 1 aromatic rings. The second-order valence-corrected chi connectivity index (χ2v) is 4.80. The van der Waals surface area contributed by atoms with Crippen LogP contribution in [0, 0.1) is 5.92 Å². The lowest BCUT2D eigenvalue weighted by Gasteiger charge is -2.24. The number of likely N-dealkylation sites (tertiary alicyclic amines) is 1. The maximum atomic E-state index is 12.4. The van der Waals surface area contributed by atoms with Crippen LogP contribution < -0.4 is 5.73 Å². The summed E-state index contributed by atoms with van der Waals surface area (Å²) in [7, 11) is 0. The number of aliphatic hydroxyl groups excluding tert-OH is 1. The molecular weight excluding hydrogens is 232 g/mol. The predicted molar refractivity (Wildman–Crippen MR) is 68.0 cm³/mol. The number of rotatable bonds is 3. The summed E-state index contributed by atoms with van der Waals surface area (Å²) in [5, 5.41) is 13.6. The molecule has 0 radical (unpaired) electrons. The molecule has 0 bridgehead atoms.